The third-order valence-corrected chi connectivity index (χ3v) is 4.87. The molecule has 2 heteroatoms. The zero-order valence-electron chi connectivity index (χ0n) is 11.7. The van der Waals surface area contributed by atoms with Gasteiger partial charge in [-0.2, -0.15) is 0 Å². The molecule has 17 heavy (non-hydrogen) atoms. The van der Waals surface area contributed by atoms with Crippen molar-refractivity contribution in [1.82, 2.24) is 10.6 Å². The van der Waals surface area contributed by atoms with Crippen molar-refractivity contribution in [3.8, 4) is 0 Å². The van der Waals surface area contributed by atoms with E-state index < -0.39 is 0 Å². The van der Waals surface area contributed by atoms with Gasteiger partial charge in [0.25, 0.3) is 0 Å². The van der Waals surface area contributed by atoms with Crippen LogP contribution in [0.3, 0.4) is 0 Å². The highest BCUT2D eigenvalue weighted by atomic mass is 14.9. The summed E-state index contributed by atoms with van der Waals surface area (Å²) in [6.07, 6.45) is 8.41. The van der Waals surface area contributed by atoms with Gasteiger partial charge in [0.05, 0.1) is 0 Å². The van der Waals surface area contributed by atoms with Crippen molar-refractivity contribution in [3.05, 3.63) is 0 Å². The third kappa shape index (κ3) is 4.26. The summed E-state index contributed by atoms with van der Waals surface area (Å²) in [4.78, 5) is 0. The fourth-order valence-corrected chi connectivity index (χ4v) is 3.51. The highest BCUT2D eigenvalue weighted by Crippen LogP contribution is 2.25. The molecule has 0 amide bonds. The normalized spacial score (nSPS) is 36.0. The van der Waals surface area contributed by atoms with Gasteiger partial charge in [-0.15, -0.1) is 0 Å². The van der Waals surface area contributed by atoms with Crippen molar-refractivity contribution >= 4 is 0 Å². The molecule has 0 bridgehead atoms. The van der Waals surface area contributed by atoms with E-state index in [2.05, 4.69) is 24.5 Å². The maximum atomic E-state index is 3.76. The van der Waals surface area contributed by atoms with Crippen LogP contribution in [0.4, 0.5) is 0 Å². The molecule has 0 radical (unpaired) electrons. The second-order valence-corrected chi connectivity index (χ2v) is 6.44. The van der Waals surface area contributed by atoms with Gasteiger partial charge < -0.3 is 10.6 Å². The third-order valence-electron chi connectivity index (χ3n) is 4.87. The highest BCUT2D eigenvalue weighted by Gasteiger charge is 2.22. The summed E-state index contributed by atoms with van der Waals surface area (Å²) >= 11 is 0. The highest BCUT2D eigenvalue weighted by molar-refractivity contribution is 4.79. The molecule has 0 spiro atoms. The topological polar surface area (TPSA) is 24.1 Å². The number of piperidine rings is 1. The SMILES string of the molecule is CC1CCC(NCCC(C)C2CCCNC2)C1. The summed E-state index contributed by atoms with van der Waals surface area (Å²) in [7, 11) is 0. The lowest BCUT2D eigenvalue weighted by Crippen LogP contribution is -2.35. The van der Waals surface area contributed by atoms with Crippen molar-refractivity contribution in [2.45, 2.75) is 58.4 Å². The molecular weight excluding hydrogens is 208 g/mol. The molecule has 1 aliphatic heterocycles. The van der Waals surface area contributed by atoms with Gasteiger partial charge in [0, 0.05) is 6.04 Å². The Bertz CT molecular complexity index is 211. The Morgan fingerprint density at radius 2 is 2.18 bits per heavy atom. The van der Waals surface area contributed by atoms with Crippen molar-refractivity contribution in [3.63, 3.8) is 0 Å². The van der Waals surface area contributed by atoms with E-state index in [4.69, 9.17) is 0 Å². The molecule has 2 aliphatic rings. The van der Waals surface area contributed by atoms with E-state index in [1.54, 1.807) is 0 Å². The Balaban J connectivity index is 1.57. The Hall–Kier alpha value is -0.0800. The van der Waals surface area contributed by atoms with E-state index in [9.17, 15) is 0 Å². The first-order valence-corrected chi connectivity index (χ1v) is 7.70. The van der Waals surface area contributed by atoms with Crippen LogP contribution >= 0.6 is 0 Å². The standard InChI is InChI=1S/C15H30N2/c1-12-5-6-15(10-12)17-9-7-13(2)14-4-3-8-16-11-14/h12-17H,3-11H2,1-2H3. The first kappa shape index (κ1) is 13.4. The van der Waals surface area contributed by atoms with E-state index in [1.165, 1.54) is 58.2 Å². The summed E-state index contributed by atoms with van der Waals surface area (Å²) < 4.78 is 0. The molecule has 100 valence electrons. The fraction of sp³-hybridized carbons (Fsp3) is 1.00. The van der Waals surface area contributed by atoms with Gasteiger partial charge in [-0.25, -0.2) is 0 Å². The van der Waals surface area contributed by atoms with Crippen molar-refractivity contribution in [1.29, 1.82) is 0 Å². The van der Waals surface area contributed by atoms with E-state index in [1.807, 2.05) is 0 Å². The first-order valence-electron chi connectivity index (χ1n) is 7.70. The molecule has 2 N–H and O–H groups in total. The molecule has 0 aromatic carbocycles. The molecule has 1 heterocycles. The molecule has 4 atom stereocenters. The number of nitrogens with one attached hydrogen (secondary N) is 2. The largest absolute Gasteiger partial charge is 0.316 e. The van der Waals surface area contributed by atoms with E-state index in [0.717, 1.165) is 23.8 Å². The number of hydrogen-bond donors (Lipinski definition) is 2. The van der Waals surface area contributed by atoms with E-state index in [-0.39, 0.29) is 0 Å². The van der Waals surface area contributed by atoms with Gasteiger partial charge in [0.1, 0.15) is 0 Å². The van der Waals surface area contributed by atoms with Crippen LogP contribution in [-0.4, -0.2) is 25.7 Å². The summed E-state index contributed by atoms with van der Waals surface area (Å²) in [6, 6.07) is 0.821. The Morgan fingerprint density at radius 1 is 1.29 bits per heavy atom. The van der Waals surface area contributed by atoms with Crippen LogP contribution in [-0.2, 0) is 0 Å². The first-order chi connectivity index (χ1) is 8.25. The molecule has 0 aromatic heterocycles. The lowest BCUT2D eigenvalue weighted by molar-refractivity contribution is 0.263. The molecule has 4 unspecified atom stereocenters. The van der Waals surface area contributed by atoms with Crippen molar-refractivity contribution < 1.29 is 0 Å². The van der Waals surface area contributed by atoms with E-state index in [0.29, 0.717) is 0 Å². The predicted octanol–water partition coefficient (Wildman–Crippen LogP) is 2.79. The predicted molar refractivity (Wildman–Crippen MR) is 74.2 cm³/mol. The lowest BCUT2D eigenvalue weighted by atomic mass is 9.85. The summed E-state index contributed by atoms with van der Waals surface area (Å²) in [6.45, 7) is 8.55. The van der Waals surface area contributed by atoms with Crippen LogP contribution in [0.1, 0.15) is 52.4 Å². The quantitative estimate of drug-likeness (QED) is 0.769. The average molecular weight is 238 g/mol. The monoisotopic (exact) mass is 238 g/mol. The second kappa shape index (κ2) is 6.75. The molecule has 1 saturated heterocycles. The van der Waals surface area contributed by atoms with Gasteiger partial charge >= 0.3 is 0 Å². The Morgan fingerprint density at radius 3 is 2.82 bits per heavy atom. The maximum absolute atomic E-state index is 3.76. The molecule has 2 rings (SSSR count). The zero-order valence-corrected chi connectivity index (χ0v) is 11.7. The molecule has 1 aliphatic carbocycles. The van der Waals surface area contributed by atoms with Gasteiger partial charge in [0.15, 0.2) is 0 Å². The van der Waals surface area contributed by atoms with Crippen LogP contribution in [0.5, 0.6) is 0 Å². The molecule has 0 aromatic rings. The molecular formula is C15H30N2. The van der Waals surface area contributed by atoms with Gasteiger partial charge in [-0.3, -0.25) is 0 Å². The maximum Gasteiger partial charge on any atom is 0.00697 e. The minimum absolute atomic E-state index is 0.821. The smallest absolute Gasteiger partial charge is 0.00697 e. The Labute approximate surface area is 107 Å². The summed E-state index contributed by atoms with van der Waals surface area (Å²) in [5, 5.41) is 7.29. The molecule has 1 saturated carbocycles. The molecule has 2 fully saturated rings. The number of rotatable bonds is 5. The minimum atomic E-state index is 0.821. The van der Waals surface area contributed by atoms with Crippen LogP contribution in [0, 0.1) is 17.8 Å². The summed E-state index contributed by atoms with van der Waals surface area (Å²) in [5.41, 5.74) is 0. The minimum Gasteiger partial charge on any atom is -0.316 e. The van der Waals surface area contributed by atoms with Gasteiger partial charge in [-0.05, 0) is 75.9 Å². The fourth-order valence-electron chi connectivity index (χ4n) is 3.51. The van der Waals surface area contributed by atoms with Crippen LogP contribution in [0.25, 0.3) is 0 Å². The zero-order chi connectivity index (χ0) is 12.1. The van der Waals surface area contributed by atoms with Gasteiger partial charge in [0.2, 0.25) is 0 Å². The Kier molecular flexibility index (Phi) is 5.30. The van der Waals surface area contributed by atoms with E-state index >= 15 is 0 Å². The van der Waals surface area contributed by atoms with Crippen molar-refractivity contribution in [2.75, 3.05) is 19.6 Å². The van der Waals surface area contributed by atoms with Crippen LogP contribution in [0.2, 0.25) is 0 Å². The van der Waals surface area contributed by atoms with Crippen LogP contribution < -0.4 is 10.6 Å². The summed E-state index contributed by atoms with van der Waals surface area (Å²) in [5.74, 6) is 2.76. The van der Waals surface area contributed by atoms with Crippen molar-refractivity contribution in [2.24, 2.45) is 17.8 Å². The second-order valence-electron chi connectivity index (χ2n) is 6.44. The number of hydrogen-bond acceptors (Lipinski definition) is 2. The lowest BCUT2D eigenvalue weighted by Gasteiger charge is -2.28. The molecule has 2 nitrogen and oxygen atoms in total. The van der Waals surface area contributed by atoms with Crippen LogP contribution in [0.15, 0.2) is 0 Å². The average Bonchev–Trinajstić information content (AvgIpc) is 2.76. The van der Waals surface area contributed by atoms with Gasteiger partial charge in [-0.1, -0.05) is 13.8 Å².